The minimum atomic E-state index is -0.376. The lowest BCUT2D eigenvalue weighted by atomic mass is 10.1. The highest BCUT2D eigenvalue weighted by molar-refractivity contribution is 8.00. The molecule has 0 aliphatic heterocycles. The molecule has 0 aliphatic carbocycles. The van der Waals surface area contributed by atoms with Crippen LogP contribution < -0.4 is 9.47 Å². The molecule has 0 radical (unpaired) electrons. The Labute approximate surface area is 138 Å². The first kappa shape index (κ1) is 17.1. The topological polar surface area (TPSA) is 74.7 Å². The van der Waals surface area contributed by atoms with E-state index in [2.05, 4.69) is 9.72 Å². The molecule has 1 aromatic carbocycles. The van der Waals surface area contributed by atoms with Crippen LogP contribution in [0.5, 0.6) is 11.5 Å². The Bertz CT molecular complexity index is 760. The third kappa shape index (κ3) is 3.73. The van der Waals surface area contributed by atoms with Crippen molar-refractivity contribution in [3.05, 3.63) is 23.8 Å². The minimum absolute atomic E-state index is 0.0859. The summed E-state index contributed by atoms with van der Waals surface area (Å²) in [6.07, 6.45) is 0. The van der Waals surface area contributed by atoms with Crippen LogP contribution in [0.4, 0.5) is 0 Å². The molecule has 0 saturated heterocycles. The fraction of sp³-hybridized carbons (Fsp3) is 0.312. The van der Waals surface area contributed by atoms with Gasteiger partial charge in [-0.1, -0.05) is 11.8 Å². The zero-order valence-electron chi connectivity index (χ0n) is 13.3. The van der Waals surface area contributed by atoms with E-state index in [-0.39, 0.29) is 17.5 Å². The monoisotopic (exact) mass is 335 g/mol. The second-order valence-electron chi connectivity index (χ2n) is 4.66. The highest BCUT2D eigenvalue weighted by Gasteiger charge is 2.15. The predicted octanol–water partition coefficient (Wildman–Crippen LogP) is 2.72. The van der Waals surface area contributed by atoms with Crippen LogP contribution in [0.25, 0.3) is 10.9 Å². The molecule has 2 rings (SSSR count). The molecular formula is C16H17NO5S. The molecule has 1 heterocycles. The molecule has 122 valence electrons. The number of carbonyl (C=O) groups is 2. The Kier molecular flexibility index (Phi) is 5.44. The van der Waals surface area contributed by atoms with Gasteiger partial charge in [0, 0.05) is 11.5 Å². The van der Waals surface area contributed by atoms with Crippen molar-refractivity contribution in [1.29, 1.82) is 0 Å². The molecule has 0 fully saturated rings. The van der Waals surface area contributed by atoms with E-state index in [0.717, 1.165) is 5.39 Å². The highest BCUT2D eigenvalue weighted by atomic mass is 32.2. The van der Waals surface area contributed by atoms with Gasteiger partial charge < -0.3 is 14.2 Å². The number of pyridine rings is 1. The average Bonchev–Trinajstić information content (AvgIpc) is 2.57. The van der Waals surface area contributed by atoms with E-state index < -0.39 is 0 Å². The van der Waals surface area contributed by atoms with Crippen LogP contribution >= 0.6 is 11.8 Å². The van der Waals surface area contributed by atoms with Crippen molar-refractivity contribution in [2.45, 2.75) is 11.9 Å². The van der Waals surface area contributed by atoms with Crippen LogP contribution in [0.2, 0.25) is 0 Å². The molecule has 0 aliphatic rings. The lowest BCUT2D eigenvalue weighted by Gasteiger charge is -2.11. The first-order chi connectivity index (χ1) is 11.0. The second kappa shape index (κ2) is 7.32. The number of ether oxygens (including phenoxy) is 3. The van der Waals surface area contributed by atoms with Gasteiger partial charge in [0.25, 0.3) is 0 Å². The number of hydrogen-bond acceptors (Lipinski definition) is 7. The molecule has 0 unspecified atom stereocenters. The lowest BCUT2D eigenvalue weighted by molar-refractivity contribution is -0.137. The second-order valence-corrected chi connectivity index (χ2v) is 5.63. The first-order valence-corrected chi connectivity index (χ1v) is 7.76. The van der Waals surface area contributed by atoms with Crippen molar-refractivity contribution in [3.8, 4) is 11.5 Å². The van der Waals surface area contributed by atoms with Gasteiger partial charge in [-0.15, -0.1) is 0 Å². The maximum atomic E-state index is 11.9. The average molecular weight is 335 g/mol. The third-order valence-corrected chi connectivity index (χ3v) is 4.18. The fourth-order valence-corrected chi connectivity index (χ4v) is 2.93. The SMILES string of the molecule is COC(=O)CSc1nc2cc(OC)c(OC)cc2cc1C(C)=O. The van der Waals surface area contributed by atoms with Crippen molar-refractivity contribution >= 4 is 34.4 Å². The van der Waals surface area contributed by atoms with Crippen LogP contribution in [0.15, 0.2) is 23.2 Å². The summed E-state index contributed by atoms with van der Waals surface area (Å²) in [7, 11) is 4.41. The molecule has 0 spiro atoms. The summed E-state index contributed by atoms with van der Waals surface area (Å²) in [5.74, 6) is 0.696. The zero-order valence-corrected chi connectivity index (χ0v) is 14.2. The van der Waals surface area contributed by atoms with Gasteiger partial charge in [-0.25, -0.2) is 4.98 Å². The molecule has 23 heavy (non-hydrogen) atoms. The number of benzene rings is 1. The number of Topliss-reactive ketones (excluding diaryl/α,β-unsaturated/α-hetero) is 1. The quantitative estimate of drug-likeness (QED) is 0.456. The maximum Gasteiger partial charge on any atom is 0.316 e. The van der Waals surface area contributed by atoms with Crippen molar-refractivity contribution in [1.82, 2.24) is 4.98 Å². The zero-order chi connectivity index (χ0) is 17.0. The number of aromatic nitrogens is 1. The number of ketones is 1. The van der Waals surface area contributed by atoms with E-state index in [1.165, 1.54) is 25.8 Å². The van der Waals surface area contributed by atoms with Crippen LogP contribution in [0.3, 0.4) is 0 Å². The highest BCUT2D eigenvalue weighted by Crippen LogP contribution is 2.34. The number of methoxy groups -OCH3 is 3. The van der Waals surface area contributed by atoms with Gasteiger partial charge in [0.1, 0.15) is 5.03 Å². The summed E-state index contributed by atoms with van der Waals surface area (Å²) in [4.78, 5) is 27.7. The summed E-state index contributed by atoms with van der Waals surface area (Å²) >= 11 is 1.17. The number of thioether (sulfide) groups is 1. The van der Waals surface area contributed by atoms with Gasteiger partial charge in [-0.3, -0.25) is 9.59 Å². The summed E-state index contributed by atoms with van der Waals surface area (Å²) in [6, 6.07) is 5.24. The number of rotatable bonds is 6. The summed E-state index contributed by atoms with van der Waals surface area (Å²) < 4.78 is 15.1. The Hall–Kier alpha value is -2.28. The maximum absolute atomic E-state index is 11.9. The molecular weight excluding hydrogens is 318 g/mol. The number of nitrogens with zero attached hydrogens (tertiary/aromatic N) is 1. The summed E-state index contributed by atoms with van der Waals surface area (Å²) in [5, 5.41) is 1.25. The van der Waals surface area contributed by atoms with Gasteiger partial charge in [-0.2, -0.15) is 0 Å². The minimum Gasteiger partial charge on any atom is -0.493 e. The van der Waals surface area contributed by atoms with Crippen molar-refractivity contribution in [2.75, 3.05) is 27.1 Å². The molecule has 2 aromatic rings. The number of hydrogen-bond donors (Lipinski definition) is 0. The molecule has 0 atom stereocenters. The molecule has 7 heteroatoms. The van der Waals surface area contributed by atoms with Crippen LogP contribution in [0, 0.1) is 0 Å². The summed E-state index contributed by atoms with van der Waals surface area (Å²) in [6.45, 7) is 1.46. The summed E-state index contributed by atoms with van der Waals surface area (Å²) in [5.41, 5.74) is 1.11. The molecule has 1 aromatic heterocycles. The van der Waals surface area contributed by atoms with Gasteiger partial charge in [0.2, 0.25) is 0 Å². The number of carbonyl (C=O) groups excluding carboxylic acids is 2. The fourth-order valence-electron chi connectivity index (χ4n) is 2.03. The van der Waals surface area contributed by atoms with E-state index in [0.29, 0.717) is 27.6 Å². The molecule has 0 bridgehead atoms. The van der Waals surface area contributed by atoms with E-state index in [4.69, 9.17) is 9.47 Å². The van der Waals surface area contributed by atoms with Gasteiger partial charge in [-0.05, 0) is 19.1 Å². The first-order valence-electron chi connectivity index (χ1n) is 6.77. The van der Waals surface area contributed by atoms with Gasteiger partial charge in [0.15, 0.2) is 17.3 Å². The van der Waals surface area contributed by atoms with Crippen LogP contribution in [0.1, 0.15) is 17.3 Å². The lowest BCUT2D eigenvalue weighted by Crippen LogP contribution is -2.05. The molecule has 6 nitrogen and oxygen atoms in total. The van der Waals surface area contributed by atoms with E-state index in [1.807, 2.05) is 0 Å². The van der Waals surface area contributed by atoms with Gasteiger partial charge >= 0.3 is 5.97 Å². The normalized spacial score (nSPS) is 10.4. The van der Waals surface area contributed by atoms with Crippen LogP contribution in [-0.2, 0) is 9.53 Å². The Morgan fingerprint density at radius 1 is 1.09 bits per heavy atom. The van der Waals surface area contributed by atoms with E-state index in [1.54, 1.807) is 32.4 Å². The van der Waals surface area contributed by atoms with Gasteiger partial charge in [0.05, 0.1) is 38.2 Å². The predicted molar refractivity (Wildman–Crippen MR) is 87.6 cm³/mol. The molecule has 0 amide bonds. The standard InChI is InChI=1S/C16H17NO5S/c1-9(18)11-5-10-6-13(20-2)14(21-3)7-12(10)17-16(11)23-8-15(19)22-4/h5-7H,8H2,1-4H3. The van der Waals surface area contributed by atoms with Crippen molar-refractivity contribution in [3.63, 3.8) is 0 Å². The van der Waals surface area contributed by atoms with E-state index in [9.17, 15) is 9.59 Å². The van der Waals surface area contributed by atoms with Crippen molar-refractivity contribution in [2.24, 2.45) is 0 Å². The van der Waals surface area contributed by atoms with Crippen LogP contribution in [-0.4, -0.2) is 43.8 Å². The Balaban J connectivity index is 2.54. The Morgan fingerprint density at radius 3 is 2.30 bits per heavy atom. The smallest absolute Gasteiger partial charge is 0.316 e. The largest absolute Gasteiger partial charge is 0.493 e. The Morgan fingerprint density at radius 2 is 1.74 bits per heavy atom. The molecule has 0 saturated carbocycles. The number of esters is 1. The van der Waals surface area contributed by atoms with Crippen molar-refractivity contribution < 1.29 is 23.8 Å². The van der Waals surface area contributed by atoms with E-state index >= 15 is 0 Å². The third-order valence-electron chi connectivity index (χ3n) is 3.22. The number of fused-ring (bicyclic) bond motifs is 1. The molecule has 0 N–H and O–H groups in total.